The van der Waals surface area contributed by atoms with Gasteiger partial charge in [-0.2, -0.15) is 4.68 Å². The van der Waals surface area contributed by atoms with Crippen molar-refractivity contribution in [3.8, 4) is 0 Å². The minimum absolute atomic E-state index is 0.244. The van der Waals surface area contributed by atoms with Crippen LogP contribution < -0.4 is 0 Å². The van der Waals surface area contributed by atoms with Crippen molar-refractivity contribution in [2.75, 3.05) is 0 Å². The van der Waals surface area contributed by atoms with Crippen molar-refractivity contribution >= 4 is 5.91 Å². The van der Waals surface area contributed by atoms with Gasteiger partial charge in [-0.25, -0.2) is 4.98 Å². The fourth-order valence-corrected chi connectivity index (χ4v) is 0.843. The van der Waals surface area contributed by atoms with Crippen LogP contribution in [0.4, 0.5) is 0 Å². The third-order valence-electron chi connectivity index (χ3n) is 1.41. The topological polar surface area (TPSA) is 73.6 Å². The second-order valence-corrected chi connectivity index (χ2v) is 2.24. The fourth-order valence-electron chi connectivity index (χ4n) is 0.843. The zero-order chi connectivity index (χ0) is 9.10. The first-order valence-electron chi connectivity index (χ1n) is 3.55. The molecule has 6 nitrogen and oxygen atoms in total. The second kappa shape index (κ2) is 3.10. The first-order chi connectivity index (χ1) is 6.38. The molecule has 0 bridgehead atoms. The Hall–Kier alpha value is -2.11. The van der Waals surface area contributed by atoms with Crippen LogP contribution in [-0.2, 0) is 0 Å². The van der Waals surface area contributed by atoms with Crippen LogP contribution in [0.3, 0.4) is 0 Å². The van der Waals surface area contributed by atoms with E-state index in [4.69, 9.17) is 0 Å². The molecule has 0 spiro atoms. The minimum atomic E-state index is -0.342. The summed E-state index contributed by atoms with van der Waals surface area (Å²) in [7, 11) is 0. The highest BCUT2D eigenvalue weighted by atomic mass is 16.2. The molecule has 2 aromatic heterocycles. The Kier molecular flexibility index (Phi) is 1.79. The van der Waals surface area contributed by atoms with Crippen LogP contribution in [0.15, 0.2) is 31.0 Å². The Balaban J connectivity index is 2.34. The van der Waals surface area contributed by atoms with Crippen molar-refractivity contribution in [3.63, 3.8) is 0 Å². The van der Waals surface area contributed by atoms with Gasteiger partial charge < -0.3 is 0 Å². The Morgan fingerprint density at radius 3 is 2.85 bits per heavy atom. The summed E-state index contributed by atoms with van der Waals surface area (Å²) in [5.74, 6) is -0.342. The molecule has 0 unspecified atom stereocenters. The summed E-state index contributed by atoms with van der Waals surface area (Å²) in [5, 5.41) is 7.05. The third kappa shape index (κ3) is 1.41. The standard InChI is InChI=1S/C7H5N5O/c13-7(12-4-3-10-11-12)6-5-8-1-2-9-6/h1-5H. The number of hydrogen-bond donors (Lipinski definition) is 0. The lowest BCUT2D eigenvalue weighted by Gasteiger charge is -1.95. The molecular formula is C7H5N5O. The van der Waals surface area contributed by atoms with E-state index in [0.717, 1.165) is 4.68 Å². The fraction of sp³-hybridized carbons (Fsp3) is 0. The van der Waals surface area contributed by atoms with Gasteiger partial charge in [0.25, 0.3) is 5.91 Å². The van der Waals surface area contributed by atoms with E-state index in [9.17, 15) is 4.79 Å². The Morgan fingerprint density at radius 2 is 2.23 bits per heavy atom. The van der Waals surface area contributed by atoms with Crippen molar-refractivity contribution in [1.29, 1.82) is 0 Å². The van der Waals surface area contributed by atoms with Gasteiger partial charge in [0.05, 0.1) is 18.6 Å². The molecule has 0 amide bonds. The van der Waals surface area contributed by atoms with E-state index in [0.29, 0.717) is 0 Å². The van der Waals surface area contributed by atoms with Gasteiger partial charge in [0.2, 0.25) is 0 Å². The summed E-state index contributed by atoms with van der Waals surface area (Å²) >= 11 is 0. The van der Waals surface area contributed by atoms with Gasteiger partial charge in [0.1, 0.15) is 5.69 Å². The molecule has 0 aromatic carbocycles. The molecule has 2 rings (SSSR count). The lowest BCUT2D eigenvalue weighted by molar-refractivity contribution is 0.0937. The van der Waals surface area contributed by atoms with Crippen LogP contribution in [0.25, 0.3) is 0 Å². The van der Waals surface area contributed by atoms with Gasteiger partial charge in [-0.15, -0.1) is 5.10 Å². The van der Waals surface area contributed by atoms with E-state index in [2.05, 4.69) is 20.3 Å². The molecule has 0 saturated carbocycles. The smallest absolute Gasteiger partial charge is 0.265 e. The molecule has 0 aliphatic carbocycles. The molecule has 6 heteroatoms. The van der Waals surface area contributed by atoms with Crippen molar-refractivity contribution < 1.29 is 4.79 Å². The molecule has 0 fully saturated rings. The largest absolute Gasteiger partial charge is 0.299 e. The van der Waals surface area contributed by atoms with Gasteiger partial charge in [0.15, 0.2) is 0 Å². The van der Waals surface area contributed by atoms with E-state index in [-0.39, 0.29) is 11.6 Å². The molecule has 0 atom stereocenters. The number of rotatable bonds is 1. The molecule has 0 radical (unpaired) electrons. The zero-order valence-electron chi connectivity index (χ0n) is 6.53. The number of nitrogens with zero attached hydrogens (tertiary/aromatic N) is 5. The second-order valence-electron chi connectivity index (χ2n) is 2.24. The molecule has 0 saturated heterocycles. The van der Waals surface area contributed by atoms with Crippen molar-refractivity contribution in [1.82, 2.24) is 25.0 Å². The molecule has 2 aromatic rings. The summed E-state index contributed by atoms with van der Waals surface area (Å²) in [6.45, 7) is 0. The van der Waals surface area contributed by atoms with Crippen LogP contribution in [0.5, 0.6) is 0 Å². The highest BCUT2D eigenvalue weighted by molar-refractivity contribution is 5.92. The molecule has 0 N–H and O–H groups in total. The first kappa shape index (κ1) is 7.53. The molecule has 13 heavy (non-hydrogen) atoms. The van der Waals surface area contributed by atoms with E-state index < -0.39 is 0 Å². The monoisotopic (exact) mass is 175 g/mol. The molecule has 0 aliphatic rings. The van der Waals surface area contributed by atoms with E-state index in [1.165, 1.54) is 31.0 Å². The van der Waals surface area contributed by atoms with Crippen LogP contribution in [-0.4, -0.2) is 30.9 Å². The average Bonchev–Trinajstić information content (AvgIpc) is 2.71. The Morgan fingerprint density at radius 1 is 1.31 bits per heavy atom. The maximum absolute atomic E-state index is 11.5. The molecule has 64 valence electrons. The third-order valence-corrected chi connectivity index (χ3v) is 1.41. The van der Waals surface area contributed by atoms with E-state index >= 15 is 0 Å². The van der Waals surface area contributed by atoms with Gasteiger partial charge in [-0.05, 0) is 0 Å². The van der Waals surface area contributed by atoms with Gasteiger partial charge in [-0.1, -0.05) is 5.21 Å². The summed E-state index contributed by atoms with van der Waals surface area (Å²) in [6, 6.07) is 0. The SMILES string of the molecule is O=C(c1cnccn1)n1ccnn1. The lowest BCUT2D eigenvalue weighted by Crippen LogP contribution is -2.14. The highest BCUT2D eigenvalue weighted by Crippen LogP contribution is 1.93. The van der Waals surface area contributed by atoms with Crippen molar-refractivity contribution in [3.05, 3.63) is 36.7 Å². The van der Waals surface area contributed by atoms with E-state index in [1.54, 1.807) is 0 Å². The van der Waals surface area contributed by atoms with Crippen LogP contribution >= 0.6 is 0 Å². The number of hydrogen-bond acceptors (Lipinski definition) is 5. The van der Waals surface area contributed by atoms with Gasteiger partial charge in [-0.3, -0.25) is 9.78 Å². The number of carbonyl (C=O) groups is 1. The van der Waals surface area contributed by atoms with Crippen molar-refractivity contribution in [2.45, 2.75) is 0 Å². The summed E-state index contributed by atoms with van der Waals surface area (Å²) in [5.41, 5.74) is 0.244. The van der Waals surface area contributed by atoms with Crippen LogP contribution in [0.2, 0.25) is 0 Å². The number of aromatic nitrogens is 5. The summed E-state index contributed by atoms with van der Waals surface area (Å²) in [4.78, 5) is 19.1. The summed E-state index contributed by atoms with van der Waals surface area (Å²) in [6.07, 6.45) is 7.21. The lowest BCUT2D eigenvalue weighted by atomic mass is 10.4. The van der Waals surface area contributed by atoms with Crippen LogP contribution in [0.1, 0.15) is 10.5 Å². The quantitative estimate of drug-likeness (QED) is 0.597. The average molecular weight is 175 g/mol. The Labute approximate surface area is 73.2 Å². The van der Waals surface area contributed by atoms with Crippen LogP contribution in [0, 0.1) is 0 Å². The molecular weight excluding hydrogens is 170 g/mol. The predicted octanol–water partition coefficient (Wildman–Crippen LogP) is -0.243. The zero-order valence-corrected chi connectivity index (χ0v) is 6.53. The Bertz CT molecular complexity index is 396. The molecule has 0 aliphatic heterocycles. The predicted molar refractivity (Wildman–Crippen MR) is 41.8 cm³/mol. The maximum Gasteiger partial charge on any atom is 0.299 e. The normalized spacial score (nSPS) is 9.85. The van der Waals surface area contributed by atoms with Gasteiger partial charge >= 0.3 is 0 Å². The first-order valence-corrected chi connectivity index (χ1v) is 3.55. The van der Waals surface area contributed by atoms with E-state index in [1.807, 2.05) is 0 Å². The van der Waals surface area contributed by atoms with Gasteiger partial charge in [0, 0.05) is 12.4 Å². The number of carbonyl (C=O) groups excluding carboxylic acids is 1. The van der Waals surface area contributed by atoms with Crippen molar-refractivity contribution in [2.24, 2.45) is 0 Å². The highest BCUT2D eigenvalue weighted by Gasteiger charge is 2.09. The summed E-state index contributed by atoms with van der Waals surface area (Å²) < 4.78 is 1.10. The molecule has 2 heterocycles. The minimum Gasteiger partial charge on any atom is -0.265 e. The maximum atomic E-state index is 11.5.